The Kier molecular flexibility index (Phi) is 1.52. The van der Waals surface area contributed by atoms with E-state index < -0.39 is 5.97 Å². The second-order valence-corrected chi connectivity index (χ2v) is 2.84. The van der Waals surface area contributed by atoms with Gasteiger partial charge in [0.15, 0.2) is 0 Å². The van der Waals surface area contributed by atoms with Crippen molar-refractivity contribution in [3.63, 3.8) is 0 Å². The van der Waals surface area contributed by atoms with Gasteiger partial charge >= 0.3 is 5.97 Å². The van der Waals surface area contributed by atoms with Gasteiger partial charge < -0.3 is 10.1 Å². The van der Waals surface area contributed by atoms with Gasteiger partial charge in [-0.05, 0) is 11.6 Å². The van der Waals surface area contributed by atoms with Crippen molar-refractivity contribution in [3.05, 3.63) is 36.0 Å². The van der Waals surface area contributed by atoms with Crippen molar-refractivity contribution in [2.75, 3.05) is 0 Å². The third-order valence-electron chi connectivity index (χ3n) is 1.92. The second-order valence-electron chi connectivity index (χ2n) is 2.84. The summed E-state index contributed by atoms with van der Waals surface area (Å²) in [5, 5.41) is 9.36. The predicted molar refractivity (Wildman–Crippen MR) is 49.6 cm³/mol. The van der Waals surface area contributed by atoms with Crippen LogP contribution < -0.4 is 0 Å². The largest absolute Gasteiger partial charge is 0.481 e. The highest BCUT2D eigenvalue weighted by molar-refractivity contribution is 5.86. The first-order valence-corrected chi connectivity index (χ1v) is 3.96. The number of rotatable bonds is 2. The molecule has 0 unspecified atom stereocenters. The van der Waals surface area contributed by atoms with Gasteiger partial charge in [0.2, 0.25) is 0 Å². The highest BCUT2D eigenvalue weighted by Gasteiger charge is 2.05. The molecule has 0 spiro atoms. The zero-order valence-corrected chi connectivity index (χ0v) is 6.87. The number of carboxylic acids is 1. The molecule has 1 heterocycles. The first-order chi connectivity index (χ1) is 6.68. The van der Waals surface area contributed by atoms with Crippen LogP contribution in [0.1, 0.15) is 6.93 Å². The molecule has 2 rings (SSSR count). The Morgan fingerprint density at radius 2 is 2.46 bits per heavy atom. The lowest BCUT2D eigenvalue weighted by molar-refractivity contribution is -0.136. The molecule has 1 aromatic heterocycles. The van der Waals surface area contributed by atoms with Crippen LogP contribution in [0.3, 0.4) is 0 Å². The average Bonchev–Trinajstić information content (AvgIpc) is 2.49. The zero-order chi connectivity index (χ0) is 10.1. The number of para-hydroxylation sites is 1. The Morgan fingerprint density at radius 3 is 3.23 bits per heavy atom. The second kappa shape index (κ2) is 2.94. The van der Waals surface area contributed by atoms with Crippen molar-refractivity contribution in [1.82, 2.24) is 4.98 Å². The van der Waals surface area contributed by atoms with E-state index in [0.29, 0.717) is 17.0 Å². The maximum absolute atomic E-state index is 10.5. The fourth-order valence-electron chi connectivity index (χ4n) is 1.36. The predicted octanol–water partition coefficient (Wildman–Crippen LogP) is 1.79. The minimum absolute atomic E-state index is 0.0457. The number of carboxylic acid groups (broad SMARTS) is 1. The van der Waals surface area contributed by atoms with Crippen molar-refractivity contribution in [2.45, 2.75) is 6.42 Å². The maximum Gasteiger partial charge on any atom is 0.307 e. The molecule has 2 N–H and O–H groups in total. The van der Waals surface area contributed by atoms with Crippen LogP contribution in [-0.4, -0.2) is 16.1 Å². The minimum Gasteiger partial charge on any atom is -0.481 e. The van der Waals surface area contributed by atoms with Gasteiger partial charge in [-0.1, -0.05) is 18.2 Å². The molecule has 3 heteroatoms. The van der Waals surface area contributed by atoms with Gasteiger partial charge in [-0.3, -0.25) is 4.79 Å². The molecule has 0 aliphatic heterocycles. The molecule has 13 heavy (non-hydrogen) atoms. The van der Waals surface area contributed by atoms with E-state index in [1.165, 1.54) is 0 Å². The number of benzene rings is 1. The molecule has 0 atom stereocenters. The molecule has 0 saturated heterocycles. The summed E-state index contributed by atoms with van der Waals surface area (Å²) in [5.41, 5.74) is 1.48. The first kappa shape index (κ1) is 6.71. The molecule has 0 saturated carbocycles. The van der Waals surface area contributed by atoms with Crippen molar-refractivity contribution in [1.29, 1.82) is 0 Å². The van der Waals surface area contributed by atoms with Gasteiger partial charge in [0.05, 0.1) is 7.79 Å². The van der Waals surface area contributed by atoms with E-state index in [1.54, 1.807) is 18.3 Å². The highest BCUT2D eigenvalue weighted by Crippen LogP contribution is 2.17. The Morgan fingerprint density at radius 1 is 1.62 bits per heavy atom. The van der Waals surface area contributed by atoms with E-state index in [-0.39, 0.29) is 6.42 Å². The van der Waals surface area contributed by atoms with Crippen LogP contribution in [0, 0.1) is 0 Å². The Bertz CT molecular complexity index is 490. The van der Waals surface area contributed by atoms with Crippen molar-refractivity contribution in [2.24, 2.45) is 0 Å². The van der Waals surface area contributed by atoms with Crippen LogP contribution in [0.2, 0.25) is 0 Å². The molecule has 0 fully saturated rings. The van der Waals surface area contributed by atoms with E-state index in [0.717, 1.165) is 5.52 Å². The van der Waals surface area contributed by atoms with Crippen LogP contribution in [0.4, 0.5) is 0 Å². The minimum atomic E-state index is -0.880. The van der Waals surface area contributed by atoms with Gasteiger partial charge in [-0.15, -0.1) is 0 Å². The lowest BCUT2D eigenvalue weighted by Gasteiger charge is -1.92. The SMILES string of the molecule is [2H]c1cccc2[nH]cc(CC(=O)O)c12. The van der Waals surface area contributed by atoms with E-state index >= 15 is 0 Å². The molecular weight excluding hydrogens is 166 g/mol. The van der Waals surface area contributed by atoms with E-state index in [1.807, 2.05) is 6.07 Å². The van der Waals surface area contributed by atoms with Crippen LogP contribution in [0.15, 0.2) is 30.4 Å². The lowest BCUT2D eigenvalue weighted by Crippen LogP contribution is -1.98. The summed E-state index contributed by atoms with van der Waals surface area (Å²) in [6.07, 6.45) is 1.60. The third kappa shape index (κ3) is 1.40. The average molecular weight is 176 g/mol. The van der Waals surface area contributed by atoms with Crippen molar-refractivity contribution in [3.8, 4) is 0 Å². The molecule has 0 bridgehead atoms. The maximum atomic E-state index is 10.5. The van der Waals surface area contributed by atoms with Crippen molar-refractivity contribution >= 4 is 16.9 Å². The first-order valence-electron chi connectivity index (χ1n) is 4.46. The summed E-state index contributed by atoms with van der Waals surface area (Å²) >= 11 is 0. The summed E-state index contributed by atoms with van der Waals surface area (Å²) in [7, 11) is 0. The number of hydrogen-bond acceptors (Lipinski definition) is 1. The third-order valence-corrected chi connectivity index (χ3v) is 1.92. The van der Waals surface area contributed by atoms with Crippen LogP contribution in [0.25, 0.3) is 10.9 Å². The number of hydrogen-bond donors (Lipinski definition) is 2. The number of carbonyl (C=O) groups is 1. The molecule has 2 aromatic rings. The van der Waals surface area contributed by atoms with Crippen LogP contribution in [-0.2, 0) is 11.2 Å². The van der Waals surface area contributed by atoms with Gasteiger partial charge in [-0.25, -0.2) is 0 Å². The van der Waals surface area contributed by atoms with E-state index in [9.17, 15) is 4.79 Å². The van der Waals surface area contributed by atoms with Gasteiger partial charge in [0, 0.05) is 17.1 Å². The number of aliphatic carboxylic acids is 1. The lowest BCUT2D eigenvalue weighted by atomic mass is 10.1. The van der Waals surface area contributed by atoms with Crippen LogP contribution >= 0.6 is 0 Å². The topological polar surface area (TPSA) is 53.1 Å². The molecule has 66 valence electrons. The number of nitrogens with one attached hydrogen (secondary N) is 1. The van der Waals surface area contributed by atoms with E-state index in [2.05, 4.69) is 4.98 Å². The van der Waals surface area contributed by atoms with Crippen LogP contribution in [0.5, 0.6) is 0 Å². The Hall–Kier alpha value is -1.77. The van der Waals surface area contributed by atoms with Crippen molar-refractivity contribution < 1.29 is 11.3 Å². The smallest absolute Gasteiger partial charge is 0.307 e. The number of aromatic amines is 1. The summed E-state index contributed by atoms with van der Waals surface area (Å²) in [6, 6.07) is 5.62. The molecule has 3 nitrogen and oxygen atoms in total. The van der Waals surface area contributed by atoms with E-state index in [4.69, 9.17) is 6.48 Å². The molecule has 0 amide bonds. The van der Waals surface area contributed by atoms with Gasteiger partial charge in [0.25, 0.3) is 0 Å². The molecule has 0 radical (unpaired) electrons. The summed E-state index contributed by atoms with van der Waals surface area (Å²) in [4.78, 5) is 13.5. The molecule has 1 aromatic carbocycles. The quantitative estimate of drug-likeness (QED) is 0.733. The fourth-order valence-corrected chi connectivity index (χ4v) is 1.36. The van der Waals surface area contributed by atoms with Gasteiger partial charge in [-0.2, -0.15) is 0 Å². The normalized spacial score (nSPS) is 11.5. The monoisotopic (exact) mass is 176 g/mol. The van der Waals surface area contributed by atoms with Gasteiger partial charge in [0.1, 0.15) is 0 Å². The number of fused-ring (bicyclic) bond motifs is 1. The summed E-state index contributed by atoms with van der Waals surface area (Å²) in [6.45, 7) is 0. The molecular formula is C10H9NO2. The zero-order valence-electron chi connectivity index (χ0n) is 7.87. The Labute approximate surface area is 76.4 Å². The number of H-pyrrole nitrogens is 1. The molecule has 0 aliphatic rings. The molecule has 0 aliphatic carbocycles. The summed E-state index contributed by atoms with van der Waals surface area (Å²) < 4.78 is 7.65. The summed E-state index contributed by atoms with van der Waals surface area (Å²) in [5.74, 6) is -0.880. The number of aromatic nitrogens is 1. The standard InChI is InChI=1S/C10H9NO2/c12-10(13)5-7-6-11-9-4-2-1-3-8(7)9/h1-4,6,11H,5H2,(H,12,13)/i3D. The fraction of sp³-hybridized carbons (Fsp3) is 0.100. The highest BCUT2D eigenvalue weighted by atomic mass is 16.4. The Balaban J connectivity index is 2.61.